The van der Waals surface area contributed by atoms with E-state index in [9.17, 15) is 31.9 Å². The number of hydrogen-bond donors (Lipinski definition) is 2. The van der Waals surface area contributed by atoms with Crippen LogP contribution in [0.2, 0.25) is 0 Å². The zero-order chi connectivity index (χ0) is 29.4. The molecule has 2 saturated carbocycles. The minimum Gasteiger partial charge on any atom is -0.339 e. The van der Waals surface area contributed by atoms with Crippen molar-refractivity contribution in [2.24, 2.45) is 17.8 Å². The van der Waals surface area contributed by atoms with Gasteiger partial charge in [0.15, 0.2) is 11.5 Å². The average molecular weight is 570 g/mol. The van der Waals surface area contributed by atoms with E-state index < -0.39 is 54.0 Å². The summed E-state index contributed by atoms with van der Waals surface area (Å²) in [6.45, 7) is 1.86. The van der Waals surface area contributed by atoms with Gasteiger partial charge in [0.05, 0.1) is 17.8 Å². The first-order valence-corrected chi connectivity index (χ1v) is 13.2. The number of amides is 3. The summed E-state index contributed by atoms with van der Waals surface area (Å²) in [5, 5.41) is 9.02. The zero-order valence-corrected chi connectivity index (χ0v) is 22.4. The zero-order valence-electron chi connectivity index (χ0n) is 22.4. The monoisotopic (exact) mass is 569 g/mol. The maximum atomic E-state index is 15.1. The normalized spacial score (nSPS) is 16.9. The minimum absolute atomic E-state index is 0.136. The van der Waals surface area contributed by atoms with Crippen molar-refractivity contribution in [1.29, 1.82) is 0 Å². The average Bonchev–Trinajstić information content (AvgIpc) is 3.82. The molecule has 2 aromatic rings. The van der Waals surface area contributed by atoms with Crippen molar-refractivity contribution in [2.45, 2.75) is 64.2 Å². The number of anilines is 1. The summed E-state index contributed by atoms with van der Waals surface area (Å²) in [6.07, 6.45) is -0.0914. The molecule has 1 unspecified atom stereocenters. The number of nitrogens with one attached hydrogen (secondary N) is 2. The number of carbonyl (C=O) groups excluding carboxylic acids is 3. The number of halogens is 5. The third-order valence-electron chi connectivity index (χ3n) is 7.51. The van der Waals surface area contributed by atoms with Gasteiger partial charge in [-0.1, -0.05) is 6.07 Å². The molecular formula is C27H32F5N5O3. The number of carbonyl (C=O) groups is 3. The first-order chi connectivity index (χ1) is 18.8. The number of likely N-dealkylation sites (N-methyl/N-ethyl adjacent to an activating group) is 1. The number of hydrogen-bond acceptors (Lipinski definition) is 4. The summed E-state index contributed by atoms with van der Waals surface area (Å²) in [5.41, 5.74) is -0.377. The second kappa shape index (κ2) is 11.5. The largest absolute Gasteiger partial charge is 0.406 e. The summed E-state index contributed by atoms with van der Waals surface area (Å²) < 4.78 is 68.6. The van der Waals surface area contributed by atoms with Crippen LogP contribution in [0.15, 0.2) is 24.4 Å². The Bertz CT molecular complexity index is 1260. The molecule has 0 spiro atoms. The van der Waals surface area contributed by atoms with Crippen LogP contribution in [-0.4, -0.2) is 58.2 Å². The number of alkyl halides is 3. The van der Waals surface area contributed by atoms with Gasteiger partial charge in [-0.15, -0.1) is 0 Å². The van der Waals surface area contributed by atoms with Crippen LogP contribution in [0.3, 0.4) is 0 Å². The molecule has 1 heterocycles. The molecule has 2 atom stereocenters. The number of benzene rings is 1. The lowest BCUT2D eigenvalue weighted by molar-refractivity contribution is -0.159. The lowest BCUT2D eigenvalue weighted by Crippen LogP contribution is -2.50. The topological polar surface area (TPSA) is 96.3 Å². The van der Waals surface area contributed by atoms with Gasteiger partial charge in [0, 0.05) is 13.6 Å². The van der Waals surface area contributed by atoms with E-state index in [2.05, 4.69) is 15.7 Å². The molecule has 2 fully saturated rings. The standard InChI is InChI=1S/C27H32F5N5O3/c1-4-37-23(19(29)12-33-37)25(39)35-22(21(15-5-6-15)16-7-8-16)24(38)34-20-10-9-17(11-18(20)28)14(2)26(40)36(3)13-27(30,31)32/h9-12,14-16,21-22H,4-8,13H2,1-3H3,(H,34,38)(H,35,39)/t14-,22?/m0/s1. The molecule has 218 valence electrons. The summed E-state index contributed by atoms with van der Waals surface area (Å²) in [7, 11) is 1.02. The quantitative estimate of drug-likeness (QED) is 0.390. The van der Waals surface area contributed by atoms with Crippen LogP contribution in [0, 0.1) is 29.4 Å². The van der Waals surface area contributed by atoms with Gasteiger partial charge in [-0.2, -0.15) is 18.3 Å². The maximum absolute atomic E-state index is 15.1. The van der Waals surface area contributed by atoms with E-state index in [1.54, 1.807) is 6.92 Å². The lowest BCUT2D eigenvalue weighted by Gasteiger charge is -2.28. The van der Waals surface area contributed by atoms with Crippen molar-refractivity contribution in [3.63, 3.8) is 0 Å². The Morgan fingerprint density at radius 2 is 1.73 bits per heavy atom. The highest BCUT2D eigenvalue weighted by Crippen LogP contribution is 2.51. The van der Waals surface area contributed by atoms with E-state index in [4.69, 9.17) is 0 Å². The number of aromatic nitrogens is 2. The van der Waals surface area contributed by atoms with Crippen molar-refractivity contribution in [1.82, 2.24) is 20.0 Å². The Kier molecular flexibility index (Phi) is 8.50. The fourth-order valence-corrected chi connectivity index (χ4v) is 5.20. The number of aryl methyl sites for hydroxylation is 1. The van der Waals surface area contributed by atoms with Crippen molar-refractivity contribution in [3.8, 4) is 0 Å². The van der Waals surface area contributed by atoms with Gasteiger partial charge in [0.2, 0.25) is 11.8 Å². The molecule has 0 saturated heterocycles. The molecule has 3 amide bonds. The fourth-order valence-electron chi connectivity index (χ4n) is 5.20. The Morgan fingerprint density at radius 3 is 2.25 bits per heavy atom. The Labute approximate surface area is 228 Å². The third kappa shape index (κ3) is 6.79. The van der Waals surface area contributed by atoms with Crippen LogP contribution in [-0.2, 0) is 16.1 Å². The van der Waals surface area contributed by atoms with Crippen LogP contribution in [0.4, 0.5) is 27.6 Å². The van der Waals surface area contributed by atoms with Crippen LogP contribution in [0.1, 0.15) is 61.5 Å². The van der Waals surface area contributed by atoms with E-state index in [1.165, 1.54) is 23.7 Å². The predicted molar refractivity (Wildman–Crippen MR) is 135 cm³/mol. The van der Waals surface area contributed by atoms with Gasteiger partial charge >= 0.3 is 6.18 Å². The van der Waals surface area contributed by atoms with E-state index in [0.717, 1.165) is 45.0 Å². The van der Waals surface area contributed by atoms with Crippen molar-refractivity contribution < 1.29 is 36.3 Å². The van der Waals surface area contributed by atoms with Crippen LogP contribution in [0.25, 0.3) is 0 Å². The van der Waals surface area contributed by atoms with Gasteiger partial charge in [-0.05, 0) is 75.0 Å². The smallest absolute Gasteiger partial charge is 0.339 e. The van der Waals surface area contributed by atoms with E-state index in [-0.39, 0.29) is 41.2 Å². The highest BCUT2D eigenvalue weighted by atomic mass is 19.4. The summed E-state index contributed by atoms with van der Waals surface area (Å²) in [6, 6.07) is 2.51. The first kappa shape index (κ1) is 29.5. The van der Waals surface area contributed by atoms with E-state index in [1.807, 2.05) is 0 Å². The maximum Gasteiger partial charge on any atom is 0.406 e. The second-order valence-corrected chi connectivity index (χ2v) is 10.6. The van der Waals surface area contributed by atoms with Crippen LogP contribution >= 0.6 is 0 Å². The highest BCUT2D eigenvalue weighted by Gasteiger charge is 2.48. The molecule has 1 aromatic heterocycles. The number of nitrogens with zero attached hydrogens (tertiary/aromatic N) is 3. The first-order valence-electron chi connectivity index (χ1n) is 13.2. The molecule has 2 aliphatic rings. The molecule has 8 nitrogen and oxygen atoms in total. The minimum atomic E-state index is -4.57. The molecule has 0 radical (unpaired) electrons. The van der Waals surface area contributed by atoms with Crippen LogP contribution < -0.4 is 10.6 Å². The molecule has 4 rings (SSSR count). The summed E-state index contributed by atoms with van der Waals surface area (Å²) in [4.78, 5) is 39.5. The predicted octanol–water partition coefficient (Wildman–Crippen LogP) is 4.48. The van der Waals surface area contributed by atoms with Gasteiger partial charge in [0.1, 0.15) is 18.4 Å². The van der Waals surface area contributed by atoms with E-state index >= 15 is 4.39 Å². The molecule has 0 bridgehead atoms. The molecule has 13 heteroatoms. The Morgan fingerprint density at radius 1 is 1.10 bits per heavy atom. The second-order valence-electron chi connectivity index (χ2n) is 10.6. The Hall–Kier alpha value is -3.51. The number of rotatable bonds is 11. The SMILES string of the molecule is CCn1ncc(F)c1C(=O)NC(C(=O)Nc1ccc([C@H](C)C(=O)N(C)CC(F)(F)F)cc1F)C(C1CC1)C1CC1. The van der Waals surface area contributed by atoms with Gasteiger partial charge in [-0.25, -0.2) is 8.78 Å². The fraction of sp³-hybridized carbons (Fsp3) is 0.556. The van der Waals surface area contributed by atoms with Gasteiger partial charge in [0.25, 0.3) is 5.91 Å². The molecule has 40 heavy (non-hydrogen) atoms. The van der Waals surface area contributed by atoms with E-state index in [0.29, 0.717) is 4.90 Å². The lowest BCUT2D eigenvalue weighted by atomic mass is 9.88. The molecule has 0 aliphatic heterocycles. The van der Waals surface area contributed by atoms with Crippen LogP contribution in [0.5, 0.6) is 0 Å². The summed E-state index contributed by atoms with van der Waals surface area (Å²) in [5.74, 6) is -4.87. The van der Waals surface area contributed by atoms with Crippen molar-refractivity contribution >= 4 is 23.4 Å². The van der Waals surface area contributed by atoms with Crippen molar-refractivity contribution in [2.75, 3.05) is 18.9 Å². The third-order valence-corrected chi connectivity index (χ3v) is 7.51. The summed E-state index contributed by atoms with van der Waals surface area (Å²) >= 11 is 0. The van der Waals surface area contributed by atoms with Gasteiger partial charge < -0.3 is 15.5 Å². The Balaban J connectivity index is 1.52. The van der Waals surface area contributed by atoms with Crippen molar-refractivity contribution in [3.05, 3.63) is 47.3 Å². The van der Waals surface area contributed by atoms with Gasteiger partial charge in [-0.3, -0.25) is 19.1 Å². The molecule has 1 aromatic carbocycles. The molecular weight excluding hydrogens is 537 g/mol. The molecule has 2 N–H and O–H groups in total. The highest BCUT2D eigenvalue weighted by molar-refractivity contribution is 6.01. The molecule has 2 aliphatic carbocycles.